The molecular formula is C25H24BrNO4. The van der Waals surface area contributed by atoms with Crippen LogP contribution in [-0.4, -0.2) is 26.0 Å². The van der Waals surface area contributed by atoms with Crippen molar-refractivity contribution in [2.45, 2.75) is 31.6 Å². The molecule has 4 rings (SSSR count). The molecule has 0 unspecified atom stereocenters. The van der Waals surface area contributed by atoms with Gasteiger partial charge in [-0.05, 0) is 48.6 Å². The molecule has 160 valence electrons. The molecule has 1 N–H and O–H groups in total. The molecule has 2 aromatic carbocycles. The zero-order valence-corrected chi connectivity index (χ0v) is 19.3. The van der Waals surface area contributed by atoms with E-state index in [9.17, 15) is 9.59 Å². The largest absolute Gasteiger partial charge is 0.497 e. The fourth-order valence-corrected chi connectivity index (χ4v) is 5.07. The highest BCUT2D eigenvalue weighted by molar-refractivity contribution is 9.10. The highest BCUT2D eigenvalue weighted by Crippen LogP contribution is 2.47. The molecular weight excluding hydrogens is 458 g/mol. The number of halogens is 1. The van der Waals surface area contributed by atoms with E-state index in [1.165, 1.54) is 7.11 Å². The zero-order chi connectivity index (χ0) is 22.1. The van der Waals surface area contributed by atoms with E-state index in [2.05, 4.69) is 21.2 Å². The first-order valence-electron chi connectivity index (χ1n) is 10.1. The van der Waals surface area contributed by atoms with Gasteiger partial charge in [0, 0.05) is 33.8 Å². The van der Waals surface area contributed by atoms with Gasteiger partial charge in [0.2, 0.25) is 0 Å². The normalized spacial score (nSPS) is 20.8. The van der Waals surface area contributed by atoms with E-state index in [4.69, 9.17) is 9.47 Å². The molecule has 0 saturated heterocycles. The third-order valence-electron chi connectivity index (χ3n) is 6.04. The fraction of sp³-hybridized carbons (Fsp3) is 0.280. The highest BCUT2D eigenvalue weighted by atomic mass is 79.9. The minimum Gasteiger partial charge on any atom is -0.497 e. The first-order chi connectivity index (χ1) is 14.9. The average Bonchev–Trinajstić information content (AvgIpc) is 2.78. The second kappa shape index (κ2) is 8.71. The van der Waals surface area contributed by atoms with Crippen molar-refractivity contribution in [1.29, 1.82) is 0 Å². The van der Waals surface area contributed by atoms with Crippen molar-refractivity contribution in [2.75, 3.05) is 14.2 Å². The molecule has 2 atom stereocenters. The SMILES string of the molecule is COC(=O)C1=C(C)NC2=C(C(=O)C[C@H](c3ccc(OC)cc3)C2)[C@@H]1c1ccccc1Br. The van der Waals surface area contributed by atoms with Crippen LogP contribution in [0.1, 0.15) is 42.7 Å². The lowest BCUT2D eigenvalue weighted by molar-refractivity contribution is -0.136. The van der Waals surface area contributed by atoms with Gasteiger partial charge < -0.3 is 14.8 Å². The molecule has 0 bridgehead atoms. The molecule has 0 radical (unpaired) electrons. The first-order valence-corrected chi connectivity index (χ1v) is 10.9. The summed E-state index contributed by atoms with van der Waals surface area (Å²) in [5, 5.41) is 3.35. The Bertz CT molecular complexity index is 1100. The van der Waals surface area contributed by atoms with Gasteiger partial charge in [0.1, 0.15) is 5.75 Å². The predicted octanol–water partition coefficient (Wildman–Crippen LogP) is 4.99. The number of nitrogens with one attached hydrogen (secondary N) is 1. The van der Waals surface area contributed by atoms with Gasteiger partial charge in [0.25, 0.3) is 0 Å². The maximum atomic E-state index is 13.5. The lowest BCUT2D eigenvalue weighted by atomic mass is 9.72. The van der Waals surface area contributed by atoms with Crippen molar-refractivity contribution in [3.63, 3.8) is 0 Å². The number of Topliss-reactive ketones (excluding diaryl/α,β-unsaturated/α-hetero) is 1. The number of dihydropyridines is 1. The van der Waals surface area contributed by atoms with Crippen molar-refractivity contribution < 1.29 is 19.1 Å². The van der Waals surface area contributed by atoms with E-state index < -0.39 is 11.9 Å². The Morgan fingerprint density at radius 2 is 1.77 bits per heavy atom. The number of allylic oxidation sites excluding steroid dienone is 3. The molecule has 2 aromatic rings. The monoisotopic (exact) mass is 481 g/mol. The molecule has 2 aliphatic rings. The van der Waals surface area contributed by atoms with Gasteiger partial charge in [-0.15, -0.1) is 0 Å². The lowest BCUT2D eigenvalue weighted by Crippen LogP contribution is -2.36. The summed E-state index contributed by atoms with van der Waals surface area (Å²) < 4.78 is 11.2. The lowest BCUT2D eigenvalue weighted by Gasteiger charge is -2.37. The van der Waals surface area contributed by atoms with E-state index >= 15 is 0 Å². The van der Waals surface area contributed by atoms with Gasteiger partial charge in [-0.3, -0.25) is 4.79 Å². The Morgan fingerprint density at radius 1 is 1.06 bits per heavy atom. The van der Waals surface area contributed by atoms with Crippen LogP contribution in [0.2, 0.25) is 0 Å². The van der Waals surface area contributed by atoms with Crippen molar-refractivity contribution in [3.05, 3.63) is 86.7 Å². The quantitative estimate of drug-likeness (QED) is 0.622. The molecule has 1 aliphatic heterocycles. The van der Waals surface area contributed by atoms with Crippen molar-refractivity contribution in [1.82, 2.24) is 5.32 Å². The Hall–Kier alpha value is -2.86. The van der Waals surface area contributed by atoms with Gasteiger partial charge in [-0.1, -0.05) is 46.3 Å². The van der Waals surface area contributed by atoms with Crippen LogP contribution in [-0.2, 0) is 14.3 Å². The summed E-state index contributed by atoms with van der Waals surface area (Å²) in [7, 11) is 3.00. The van der Waals surface area contributed by atoms with Gasteiger partial charge in [0.15, 0.2) is 5.78 Å². The van der Waals surface area contributed by atoms with Crippen LogP contribution in [0.15, 0.2) is 75.5 Å². The van der Waals surface area contributed by atoms with Crippen molar-refractivity contribution >= 4 is 27.7 Å². The summed E-state index contributed by atoms with van der Waals surface area (Å²) in [5.74, 6) is 0.00395. The summed E-state index contributed by atoms with van der Waals surface area (Å²) in [6, 6.07) is 15.6. The molecule has 0 fully saturated rings. The molecule has 6 heteroatoms. The van der Waals surface area contributed by atoms with Gasteiger partial charge in [-0.25, -0.2) is 4.79 Å². The number of hydrogen-bond acceptors (Lipinski definition) is 5. The maximum Gasteiger partial charge on any atom is 0.336 e. The van der Waals surface area contributed by atoms with E-state index in [1.807, 2.05) is 55.5 Å². The minimum absolute atomic E-state index is 0.0456. The summed E-state index contributed by atoms with van der Waals surface area (Å²) in [6.45, 7) is 1.86. The van der Waals surface area contributed by atoms with Gasteiger partial charge >= 0.3 is 5.97 Å². The van der Waals surface area contributed by atoms with E-state index in [0.29, 0.717) is 24.0 Å². The van der Waals surface area contributed by atoms with E-state index in [0.717, 1.165) is 32.7 Å². The number of benzene rings is 2. The molecule has 0 amide bonds. The predicted molar refractivity (Wildman–Crippen MR) is 122 cm³/mol. The Kier molecular flexibility index (Phi) is 6.01. The topological polar surface area (TPSA) is 64.6 Å². The van der Waals surface area contributed by atoms with Gasteiger partial charge in [0.05, 0.1) is 19.8 Å². The van der Waals surface area contributed by atoms with Crippen molar-refractivity contribution in [3.8, 4) is 5.75 Å². The Labute approximate surface area is 190 Å². The number of rotatable bonds is 4. The molecule has 0 spiro atoms. The third kappa shape index (κ3) is 3.92. The third-order valence-corrected chi connectivity index (χ3v) is 6.76. The summed E-state index contributed by atoms with van der Waals surface area (Å²) in [5.41, 5.74) is 4.71. The van der Waals surface area contributed by atoms with Crippen LogP contribution in [0.4, 0.5) is 0 Å². The number of ether oxygens (including phenoxy) is 2. The maximum absolute atomic E-state index is 13.5. The molecule has 1 heterocycles. The van der Waals surface area contributed by atoms with Crippen LogP contribution in [0.25, 0.3) is 0 Å². The highest BCUT2D eigenvalue weighted by Gasteiger charge is 2.41. The molecule has 0 saturated carbocycles. The van der Waals surface area contributed by atoms with E-state index in [1.54, 1.807) is 7.11 Å². The molecule has 5 nitrogen and oxygen atoms in total. The summed E-state index contributed by atoms with van der Waals surface area (Å²) in [4.78, 5) is 26.2. The number of ketones is 1. The van der Waals surface area contributed by atoms with Gasteiger partial charge in [-0.2, -0.15) is 0 Å². The first kappa shape index (κ1) is 21.4. The Balaban J connectivity index is 1.79. The number of esters is 1. The summed E-state index contributed by atoms with van der Waals surface area (Å²) in [6.07, 6.45) is 1.08. The number of carbonyl (C=O) groups is 2. The molecule has 31 heavy (non-hydrogen) atoms. The Morgan fingerprint density at radius 3 is 2.42 bits per heavy atom. The van der Waals surface area contributed by atoms with E-state index in [-0.39, 0.29) is 11.7 Å². The second-order valence-corrected chi connectivity index (χ2v) is 8.66. The minimum atomic E-state index is -0.469. The smallest absolute Gasteiger partial charge is 0.336 e. The number of carbonyl (C=O) groups excluding carboxylic acids is 2. The van der Waals surface area contributed by atoms with Crippen LogP contribution < -0.4 is 10.1 Å². The molecule has 0 aromatic heterocycles. The average molecular weight is 482 g/mol. The summed E-state index contributed by atoms with van der Waals surface area (Å²) >= 11 is 3.61. The zero-order valence-electron chi connectivity index (χ0n) is 17.7. The molecule has 1 aliphatic carbocycles. The number of hydrogen-bond donors (Lipinski definition) is 1. The van der Waals surface area contributed by atoms with Crippen molar-refractivity contribution in [2.24, 2.45) is 0 Å². The standard InChI is InChI=1S/C25H24BrNO4/c1-14-22(25(29)31-3)23(18-6-4-5-7-19(18)26)24-20(27-14)12-16(13-21(24)28)15-8-10-17(30-2)11-9-15/h4-11,16,23,27H,12-13H2,1-3H3/t16-,23-/m1/s1. The van der Waals surface area contributed by atoms with Crippen LogP contribution in [0, 0.1) is 0 Å². The van der Waals surface area contributed by atoms with Crippen LogP contribution in [0.5, 0.6) is 5.75 Å². The fourth-order valence-electron chi connectivity index (χ4n) is 4.55. The van der Waals surface area contributed by atoms with Crippen LogP contribution in [0.3, 0.4) is 0 Å². The second-order valence-electron chi connectivity index (χ2n) is 7.80. The number of methoxy groups -OCH3 is 2. The van der Waals surface area contributed by atoms with Crippen LogP contribution >= 0.6 is 15.9 Å².